The van der Waals surface area contributed by atoms with Crippen molar-refractivity contribution in [2.45, 2.75) is 6.42 Å². The van der Waals surface area contributed by atoms with Crippen molar-refractivity contribution in [3.8, 4) is 6.07 Å². The Labute approximate surface area is 104 Å². The number of carboxylic acid groups (broad SMARTS) is 1. The Hall–Kier alpha value is -2.55. The lowest BCUT2D eigenvalue weighted by atomic mass is 10.2. The van der Waals surface area contributed by atoms with Crippen LogP contribution in [0, 0.1) is 11.3 Å². The fourth-order valence-electron chi connectivity index (χ4n) is 1.21. The number of hydrogen-bond donors (Lipinski definition) is 2. The molecule has 6 heteroatoms. The van der Waals surface area contributed by atoms with Crippen LogP contribution >= 0.6 is 0 Å². The topological polar surface area (TPSA) is 93.4 Å². The normalized spacial score (nSPS) is 9.33. The van der Waals surface area contributed by atoms with Gasteiger partial charge in [0.05, 0.1) is 18.1 Å². The fourth-order valence-corrected chi connectivity index (χ4v) is 1.21. The Morgan fingerprint density at radius 1 is 1.39 bits per heavy atom. The predicted molar refractivity (Wildman–Crippen MR) is 65.1 cm³/mol. The summed E-state index contributed by atoms with van der Waals surface area (Å²) in [5.74, 6) is -0.951. The van der Waals surface area contributed by atoms with Crippen LogP contribution in [-0.2, 0) is 4.79 Å². The SMILES string of the molecule is CN(CCC(=O)O)C(=O)Nc1ccc(C#N)cc1. The van der Waals surface area contributed by atoms with Gasteiger partial charge < -0.3 is 15.3 Å². The van der Waals surface area contributed by atoms with Crippen molar-refractivity contribution in [3.63, 3.8) is 0 Å². The number of aliphatic carboxylic acids is 1. The summed E-state index contributed by atoms with van der Waals surface area (Å²) < 4.78 is 0. The largest absolute Gasteiger partial charge is 0.481 e. The number of amides is 2. The number of urea groups is 1. The Balaban J connectivity index is 2.53. The Morgan fingerprint density at radius 2 is 2.00 bits per heavy atom. The van der Waals surface area contributed by atoms with E-state index in [0.29, 0.717) is 11.3 Å². The van der Waals surface area contributed by atoms with Crippen LogP contribution in [0.15, 0.2) is 24.3 Å². The summed E-state index contributed by atoms with van der Waals surface area (Å²) in [6.45, 7) is 0.136. The Morgan fingerprint density at radius 3 is 2.50 bits per heavy atom. The van der Waals surface area contributed by atoms with Crippen molar-refractivity contribution in [3.05, 3.63) is 29.8 Å². The van der Waals surface area contributed by atoms with Crippen molar-refractivity contribution in [2.24, 2.45) is 0 Å². The minimum atomic E-state index is -0.951. The number of anilines is 1. The third kappa shape index (κ3) is 4.14. The third-order valence-electron chi connectivity index (χ3n) is 2.27. The summed E-state index contributed by atoms with van der Waals surface area (Å²) in [6.07, 6.45) is -0.0999. The van der Waals surface area contributed by atoms with Crippen molar-refractivity contribution >= 4 is 17.7 Å². The van der Waals surface area contributed by atoms with E-state index in [0.717, 1.165) is 0 Å². The molecule has 6 nitrogen and oxygen atoms in total. The molecule has 1 aromatic rings. The number of carbonyl (C=O) groups excluding carboxylic acids is 1. The molecule has 0 aliphatic rings. The lowest BCUT2D eigenvalue weighted by molar-refractivity contribution is -0.137. The maximum absolute atomic E-state index is 11.6. The van der Waals surface area contributed by atoms with Crippen LogP contribution in [0.1, 0.15) is 12.0 Å². The van der Waals surface area contributed by atoms with E-state index in [1.54, 1.807) is 24.3 Å². The Kier molecular flexibility index (Phi) is 4.69. The van der Waals surface area contributed by atoms with Crippen molar-refractivity contribution < 1.29 is 14.7 Å². The zero-order chi connectivity index (χ0) is 13.5. The average molecular weight is 247 g/mol. The van der Waals surface area contributed by atoms with Gasteiger partial charge in [-0.1, -0.05) is 0 Å². The van der Waals surface area contributed by atoms with Crippen LogP contribution in [0.25, 0.3) is 0 Å². The van der Waals surface area contributed by atoms with E-state index in [1.165, 1.54) is 11.9 Å². The van der Waals surface area contributed by atoms with Gasteiger partial charge in [0.15, 0.2) is 0 Å². The first kappa shape index (κ1) is 13.5. The van der Waals surface area contributed by atoms with Gasteiger partial charge in [-0.3, -0.25) is 4.79 Å². The van der Waals surface area contributed by atoms with Crippen LogP contribution in [0.2, 0.25) is 0 Å². The molecule has 0 aromatic heterocycles. The van der Waals surface area contributed by atoms with E-state index in [4.69, 9.17) is 10.4 Å². The number of nitrogens with one attached hydrogen (secondary N) is 1. The summed E-state index contributed by atoms with van der Waals surface area (Å²) >= 11 is 0. The third-order valence-corrected chi connectivity index (χ3v) is 2.27. The number of carboxylic acids is 1. The number of carbonyl (C=O) groups is 2. The molecule has 2 amide bonds. The molecule has 94 valence electrons. The van der Waals surface area contributed by atoms with Crippen LogP contribution in [0.5, 0.6) is 0 Å². The molecule has 0 bridgehead atoms. The van der Waals surface area contributed by atoms with Crippen molar-refractivity contribution in [2.75, 3.05) is 18.9 Å². The second-order valence-electron chi connectivity index (χ2n) is 3.68. The van der Waals surface area contributed by atoms with E-state index in [-0.39, 0.29) is 19.0 Å². The van der Waals surface area contributed by atoms with Gasteiger partial charge in [-0.05, 0) is 24.3 Å². The fraction of sp³-hybridized carbons (Fsp3) is 0.250. The Bertz CT molecular complexity index is 476. The summed E-state index contributed by atoms with van der Waals surface area (Å²) in [5, 5.41) is 19.7. The van der Waals surface area contributed by atoms with Gasteiger partial charge in [-0.2, -0.15) is 5.26 Å². The molecule has 0 atom stereocenters. The smallest absolute Gasteiger partial charge is 0.321 e. The van der Waals surface area contributed by atoms with E-state index in [1.807, 2.05) is 6.07 Å². The van der Waals surface area contributed by atoms with E-state index in [9.17, 15) is 9.59 Å². The first-order chi connectivity index (χ1) is 8.52. The zero-order valence-corrected chi connectivity index (χ0v) is 9.88. The number of benzene rings is 1. The number of nitriles is 1. The highest BCUT2D eigenvalue weighted by Crippen LogP contribution is 2.09. The van der Waals surface area contributed by atoms with Gasteiger partial charge in [0.1, 0.15) is 0 Å². The molecule has 0 aliphatic carbocycles. The molecule has 1 rings (SSSR count). The van der Waals surface area contributed by atoms with E-state index >= 15 is 0 Å². The van der Waals surface area contributed by atoms with Gasteiger partial charge in [-0.15, -0.1) is 0 Å². The number of rotatable bonds is 4. The first-order valence-electron chi connectivity index (χ1n) is 5.27. The standard InChI is InChI=1S/C12H13N3O3/c1-15(7-6-11(16)17)12(18)14-10-4-2-9(8-13)3-5-10/h2-5H,6-7H2,1H3,(H,14,18)(H,16,17). The maximum Gasteiger partial charge on any atom is 0.321 e. The molecule has 0 saturated carbocycles. The van der Waals surface area contributed by atoms with Crippen LogP contribution in [0.4, 0.5) is 10.5 Å². The highest BCUT2D eigenvalue weighted by atomic mass is 16.4. The van der Waals surface area contributed by atoms with Crippen molar-refractivity contribution in [1.82, 2.24) is 4.90 Å². The summed E-state index contributed by atoms with van der Waals surface area (Å²) in [6, 6.07) is 7.99. The summed E-state index contributed by atoms with van der Waals surface area (Å²) in [7, 11) is 1.52. The summed E-state index contributed by atoms with van der Waals surface area (Å²) in [5.41, 5.74) is 1.06. The molecule has 0 radical (unpaired) electrons. The number of hydrogen-bond acceptors (Lipinski definition) is 3. The first-order valence-corrected chi connectivity index (χ1v) is 5.27. The minimum Gasteiger partial charge on any atom is -0.481 e. The molecule has 0 unspecified atom stereocenters. The summed E-state index contributed by atoms with van der Waals surface area (Å²) in [4.78, 5) is 23.3. The molecule has 0 spiro atoms. The molecular formula is C12H13N3O3. The molecule has 0 fully saturated rings. The molecule has 18 heavy (non-hydrogen) atoms. The lowest BCUT2D eigenvalue weighted by Gasteiger charge is -2.16. The quantitative estimate of drug-likeness (QED) is 0.843. The molecule has 0 aliphatic heterocycles. The van der Waals surface area contributed by atoms with E-state index in [2.05, 4.69) is 5.32 Å². The monoisotopic (exact) mass is 247 g/mol. The van der Waals surface area contributed by atoms with Gasteiger partial charge in [0.2, 0.25) is 0 Å². The minimum absolute atomic E-state index is 0.0999. The highest BCUT2D eigenvalue weighted by molar-refractivity contribution is 5.89. The second-order valence-corrected chi connectivity index (χ2v) is 3.68. The van der Waals surface area contributed by atoms with Crippen molar-refractivity contribution in [1.29, 1.82) is 5.26 Å². The second kappa shape index (κ2) is 6.25. The average Bonchev–Trinajstić information content (AvgIpc) is 2.36. The molecular weight excluding hydrogens is 234 g/mol. The van der Waals surface area contributed by atoms with Crippen LogP contribution in [-0.4, -0.2) is 35.6 Å². The van der Waals surface area contributed by atoms with Gasteiger partial charge in [0, 0.05) is 19.3 Å². The molecule has 0 heterocycles. The van der Waals surface area contributed by atoms with E-state index < -0.39 is 5.97 Å². The van der Waals surface area contributed by atoms with Crippen LogP contribution < -0.4 is 5.32 Å². The molecule has 1 aromatic carbocycles. The van der Waals surface area contributed by atoms with Gasteiger partial charge in [-0.25, -0.2) is 4.79 Å². The molecule has 0 saturated heterocycles. The molecule has 2 N–H and O–H groups in total. The number of nitrogens with zero attached hydrogens (tertiary/aromatic N) is 2. The van der Waals surface area contributed by atoms with Gasteiger partial charge in [0.25, 0.3) is 0 Å². The lowest BCUT2D eigenvalue weighted by Crippen LogP contribution is -2.33. The highest BCUT2D eigenvalue weighted by Gasteiger charge is 2.10. The zero-order valence-electron chi connectivity index (χ0n) is 9.88. The predicted octanol–water partition coefficient (Wildman–Crippen LogP) is 1.50. The maximum atomic E-state index is 11.6. The van der Waals surface area contributed by atoms with Gasteiger partial charge >= 0.3 is 12.0 Å². The van der Waals surface area contributed by atoms with Crippen LogP contribution in [0.3, 0.4) is 0 Å².